The number of nitrogens with one attached hydrogen (secondary N) is 1. The molecule has 9 heavy (non-hydrogen) atoms. The van der Waals surface area contributed by atoms with Crippen molar-refractivity contribution in [3.8, 4) is 0 Å². The predicted molar refractivity (Wildman–Crippen MR) is 33.1 cm³/mol. The molecule has 0 aromatic carbocycles. The number of carbonyl (C=O) groups is 1. The normalized spacial score (nSPS) is 8.89. The van der Waals surface area contributed by atoms with Crippen molar-refractivity contribution in [3.05, 3.63) is 30.9 Å². The topological polar surface area (TPSA) is 45.8 Å². The van der Waals surface area contributed by atoms with E-state index in [9.17, 15) is 4.79 Å². The van der Waals surface area contributed by atoms with E-state index < -0.39 is 0 Å². The first-order valence-electron chi connectivity index (χ1n) is 2.49. The summed E-state index contributed by atoms with van der Waals surface area (Å²) >= 11 is 0. The highest BCUT2D eigenvalue weighted by Crippen LogP contribution is 1.91. The Morgan fingerprint density at radius 1 is 1.89 bits per heavy atom. The zero-order valence-corrected chi connectivity index (χ0v) is 4.79. The van der Waals surface area contributed by atoms with Gasteiger partial charge < -0.3 is 4.98 Å². The molecule has 3 nitrogen and oxygen atoms in total. The van der Waals surface area contributed by atoms with Crippen molar-refractivity contribution in [1.82, 2.24) is 9.97 Å². The molecule has 1 N–H and O–H groups in total. The fourth-order valence-corrected chi connectivity index (χ4v) is 0.501. The highest BCUT2D eigenvalue weighted by molar-refractivity contribution is 6.02. The number of carbonyl (C=O) groups excluding carboxylic acids is 1. The molecular formula is C6H6N2O. The van der Waals surface area contributed by atoms with Crippen molar-refractivity contribution >= 4 is 5.78 Å². The molecular weight excluding hydrogens is 116 g/mol. The highest BCUT2D eigenvalue weighted by atomic mass is 16.1. The van der Waals surface area contributed by atoms with Gasteiger partial charge in [0, 0.05) is 0 Å². The van der Waals surface area contributed by atoms with Gasteiger partial charge in [-0.3, -0.25) is 4.79 Å². The third-order valence-electron chi connectivity index (χ3n) is 0.949. The van der Waals surface area contributed by atoms with Crippen LogP contribution in [0.3, 0.4) is 0 Å². The summed E-state index contributed by atoms with van der Waals surface area (Å²) in [5.41, 5.74) is 0.477. The monoisotopic (exact) mass is 122 g/mol. The zero-order valence-electron chi connectivity index (χ0n) is 4.79. The SMILES string of the molecule is C=CC(=O)c1cnc[nH]1. The van der Waals surface area contributed by atoms with Crippen LogP contribution in [-0.4, -0.2) is 15.8 Å². The molecule has 46 valence electrons. The maximum Gasteiger partial charge on any atom is 0.203 e. The van der Waals surface area contributed by atoms with Crippen LogP contribution in [0.5, 0.6) is 0 Å². The fraction of sp³-hybridized carbons (Fsp3) is 0. The Balaban J connectivity index is 2.89. The van der Waals surface area contributed by atoms with Crippen molar-refractivity contribution in [2.75, 3.05) is 0 Å². The summed E-state index contributed by atoms with van der Waals surface area (Å²) in [5.74, 6) is -0.132. The Labute approximate surface area is 52.4 Å². The maximum absolute atomic E-state index is 10.7. The van der Waals surface area contributed by atoms with Crippen LogP contribution in [0, 0.1) is 0 Å². The molecule has 0 aliphatic carbocycles. The second-order valence-corrected chi connectivity index (χ2v) is 1.53. The average molecular weight is 122 g/mol. The van der Waals surface area contributed by atoms with Gasteiger partial charge in [0.2, 0.25) is 5.78 Å². The Morgan fingerprint density at radius 3 is 3.11 bits per heavy atom. The molecule has 0 amide bonds. The minimum Gasteiger partial charge on any atom is -0.342 e. The molecule has 0 unspecified atom stereocenters. The van der Waals surface area contributed by atoms with Crippen LogP contribution in [0.1, 0.15) is 10.5 Å². The second kappa shape index (κ2) is 2.26. The molecule has 0 radical (unpaired) electrons. The molecule has 0 aliphatic rings. The predicted octanol–water partition coefficient (Wildman–Crippen LogP) is 0.778. The standard InChI is InChI=1S/C6H6N2O/c1-2-6(9)5-3-7-4-8-5/h2-4H,1H2,(H,7,8). The summed E-state index contributed by atoms with van der Waals surface area (Å²) in [6, 6.07) is 0. The van der Waals surface area contributed by atoms with Crippen LogP contribution in [0.15, 0.2) is 25.2 Å². The Hall–Kier alpha value is -1.38. The van der Waals surface area contributed by atoms with Gasteiger partial charge in [-0.1, -0.05) is 6.58 Å². The minimum absolute atomic E-state index is 0.132. The Kier molecular flexibility index (Phi) is 1.44. The molecule has 1 rings (SSSR count). The molecule has 0 fully saturated rings. The van der Waals surface area contributed by atoms with Gasteiger partial charge >= 0.3 is 0 Å². The minimum atomic E-state index is -0.132. The van der Waals surface area contributed by atoms with Crippen molar-refractivity contribution in [3.63, 3.8) is 0 Å². The first kappa shape index (κ1) is 5.75. The number of allylic oxidation sites excluding steroid dienone is 1. The van der Waals surface area contributed by atoms with E-state index in [1.165, 1.54) is 18.6 Å². The van der Waals surface area contributed by atoms with Crippen LogP contribution < -0.4 is 0 Å². The van der Waals surface area contributed by atoms with Gasteiger partial charge in [0.1, 0.15) is 5.69 Å². The lowest BCUT2D eigenvalue weighted by Crippen LogP contribution is -1.91. The molecule has 1 aromatic heterocycles. The third-order valence-corrected chi connectivity index (χ3v) is 0.949. The van der Waals surface area contributed by atoms with Crippen molar-refractivity contribution in [1.29, 1.82) is 0 Å². The first-order valence-corrected chi connectivity index (χ1v) is 2.49. The number of aromatic amines is 1. The quantitative estimate of drug-likeness (QED) is 0.465. The molecule has 1 heterocycles. The van der Waals surface area contributed by atoms with E-state index in [1.807, 2.05) is 0 Å². The van der Waals surface area contributed by atoms with E-state index in [2.05, 4.69) is 16.5 Å². The average Bonchev–Trinajstić information content (AvgIpc) is 2.37. The van der Waals surface area contributed by atoms with Crippen LogP contribution in [0.2, 0.25) is 0 Å². The number of imidazole rings is 1. The van der Waals surface area contributed by atoms with E-state index in [0.29, 0.717) is 5.69 Å². The molecule has 3 heteroatoms. The van der Waals surface area contributed by atoms with Crippen LogP contribution in [0.25, 0.3) is 0 Å². The number of rotatable bonds is 2. The van der Waals surface area contributed by atoms with Gasteiger partial charge in [-0.15, -0.1) is 0 Å². The van der Waals surface area contributed by atoms with Crippen molar-refractivity contribution < 1.29 is 4.79 Å². The van der Waals surface area contributed by atoms with Gasteiger partial charge in [-0.2, -0.15) is 0 Å². The van der Waals surface area contributed by atoms with Gasteiger partial charge in [0.05, 0.1) is 12.5 Å². The van der Waals surface area contributed by atoms with Crippen molar-refractivity contribution in [2.24, 2.45) is 0 Å². The van der Waals surface area contributed by atoms with Crippen LogP contribution >= 0.6 is 0 Å². The number of ketones is 1. The molecule has 0 saturated carbocycles. The zero-order chi connectivity index (χ0) is 6.69. The van der Waals surface area contributed by atoms with Gasteiger partial charge in [-0.05, 0) is 6.08 Å². The molecule has 0 bridgehead atoms. The lowest BCUT2D eigenvalue weighted by Gasteiger charge is -1.82. The largest absolute Gasteiger partial charge is 0.342 e. The second-order valence-electron chi connectivity index (χ2n) is 1.53. The highest BCUT2D eigenvalue weighted by Gasteiger charge is 1.98. The molecule has 0 saturated heterocycles. The summed E-state index contributed by atoms with van der Waals surface area (Å²) in [6.45, 7) is 3.32. The van der Waals surface area contributed by atoms with E-state index in [1.54, 1.807) is 0 Å². The molecule has 1 aromatic rings. The molecule has 0 spiro atoms. The third kappa shape index (κ3) is 1.05. The van der Waals surface area contributed by atoms with E-state index in [4.69, 9.17) is 0 Å². The molecule has 0 aliphatic heterocycles. The van der Waals surface area contributed by atoms with Gasteiger partial charge in [-0.25, -0.2) is 4.98 Å². The first-order chi connectivity index (χ1) is 4.34. The number of aromatic nitrogens is 2. The van der Waals surface area contributed by atoms with Crippen LogP contribution in [-0.2, 0) is 0 Å². The smallest absolute Gasteiger partial charge is 0.203 e. The van der Waals surface area contributed by atoms with E-state index >= 15 is 0 Å². The fourth-order valence-electron chi connectivity index (χ4n) is 0.501. The summed E-state index contributed by atoms with van der Waals surface area (Å²) in [5, 5.41) is 0. The summed E-state index contributed by atoms with van der Waals surface area (Å²) < 4.78 is 0. The maximum atomic E-state index is 10.7. The van der Waals surface area contributed by atoms with Crippen molar-refractivity contribution in [2.45, 2.75) is 0 Å². The summed E-state index contributed by atoms with van der Waals surface area (Å²) in [6.07, 6.45) is 4.16. The van der Waals surface area contributed by atoms with Gasteiger partial charge in [0.25, 0.3) is 0 Å². The van der Waals surface area contributed by atoms with E-state index in [-0.39, 0.29) is 5.78 Å². The Bertz CT molecular complexity index is 213. The van der Waals surface area contributed by atoms with E-state index in [0.717, 1.165) is 0 Å². The number of nitrogens with zero attached hydrogens (tertiary/aromatic N) is 1. The number of H-pyrrole nitrogens is 1. The lowest BCUT2D eigenvalue weighted by molar-refractivity contribution is 0.104. The lowest BCUT2D eigenvalue weighted by atomic mass is 10.3. The summed E-state index contributed by atoms with van der Waals surface area (Å²) in [4.78, 5) is 17.0. The van der Waals surface area contributed by atoms with Crippen LogP contribution in [0.4, 0.5) is 0 Å². The number of hydrogen-bond donors (Lipinski definition) is 1. The Morgan fingerprint density at radius 2 is 2.67 bits per heavy atom. The molecule has 0 atom stereocenters. The number of hydrogen-bond acceptors (Lipinski definition) is 2. The van der Waals surface area contributed by atoms with Gasteiger partial charge in [0.15, 0.2) is 0 Å². The summed E-state index contributed by atoms with van der Waals surface area (Å²) in [7, 11) is 0.